The molecule has 0 aliphatic heterocycles. The summed E-state index contributed by atoms with van der Waals surface area (Å²) in [6, 6.07) is 30.4. The first-order chi connectivity index (χ1) is 17.7. The van der Waals surface area contributed by atoms with E-state index in [4.69, 9.17) is 9.97 Å². The number of nitrogens with one attached hydrogen (secondary N) is 3. The number of rotatable bonds is 6. The van der Waals surface area contributed by atoms with Gasteiger partial charge in [-0.1, -0.05) is 66.7 Å². The molecule has 3 N–H and O–H groups in total. The molecule has 176 valence electrons. The first-order valence-corrected chi connectivity index (χ1v) is 12.0. The van der Waals surface area contributed by atoms with E-state index in [1.54, 1.807) is 6.20 Å². The van der Waals surface area contributed by atoms with Crippen molar-refractivity contribution < 1.29 is 0 Å². The number of hydrogen-bond donors (Lipinski definition) is 3. The Balaban J connectivity index is 1.28. The number of benzene rings is 3. The minimum absolute atomic E-state index is 0.0852. The minimum atomic E-state index is -0.135. The Morgan fingerprint density at radius 2 is 1.61 bits per heavy atom. The molecule has 6 rings (SSSR count). The fourth-order valence-electron chi connectivity index (χ4n) is 4.49. The van der Waals surface area contributed by atoms with Gasteiger partial charge in [0, 0.05) is 23.9 Å². The predicted molar refractivity (Wildman–Crippen MR) is 145 cm³/mol. The van der Waals surface area contributed by atoms with Crippen LogP contribution >= 0.6 is 0 Å². The number of aromatic nitrogens is 4. The van der Waals surface area contributed by atoms with Gasteiger partial charge in [-0.15, -0.1) is 0 Å². The molecule has 0 aliphatic carbocycles. The van der Waals surface area contributed by atoms with Gasteiger partial charge in [-0.05, 0) is 42.3 Å². The third-order valence-electron chi connectivity index (χ3n) is 6.49. The summed E-state index contributed by atoms with van der Waals surface area (Å²) in [7, 11) is 0. The van der Waals surface area contributed by atoms with E-state index >= 15 is 0 Å². The van der Waals surface area contributed by atoms with Crippen LogP contribution in [0, 0.1) is 0 Å². The van der Waals surface area contributed by atoms with Crippen molar-refractivity contribution in [2.75, 3.05) is 0 Å². The van der Waals surface area contributed by atoms with E-state index in [0.29, 0.717) is 17.4 Å². The lowest BCUT2D eigenvalue weighted by atomic mass is 9.97. The Bertz CT molecular complexity index is 1690. The van der Waals surface area contributed by atoms with Crippen molar-refractivity contribution in [3.8, 4) is 22.4 Å². The third-order valence-corrected chi connectivity index (χ3v) is 6.49. The molecule has 1 unspecified atom stereocenters. The zero-order valence-corrected chi connectivity index (χ0v) is 19.8. The highest BCUT2D eigenvalue weighted by Crippen LogP contribution is 2.32. The Hall–Kier alpha value is -4.55. The molecule has 0 saturated carbocycles. The van der Waals surface area contributed by atoms with Crippen molar-refractivity contribution in [3.05, 3.63) is 119 Å². The quantitative estimate of drug-likeness (QED) is 0.279. The Morgan fingerprint density at radius 1 is 0.833 bits per heavy atom. The second-order valence-electron chi connectivity index (χ2n) is 8.93. The lowest BCUT2D eigenvalue weighted by molar-refractivity contribution is 0.552. The van der Waals surface area contributed by atoms with Gasteiger partial charge in [-0.2, -0.15) is 0 Å². The summed E-state index contributed by atoms with van der Waals surface area (Å²) in [4.78, 5) is 28.2. The van der Waals surface area contributed by atoms with Crippen LogP contribution in [-0.4, -0.2) is 19.9 Å². The number of para-hydroxylation sites is 2. The van der Waals surface area contributed by atoms with Crippen LogP contribution in [0.3, 0.4) is 0 Å². The smallest absolute Gasteiger partial charge is 0.257 e. The van der Waals surface area contributed by atoms with Gasteiger partial charge in [-0.3, -0.25) is 4.79 Å². The highest BCUT2D eigenvalue weighted by molar-refractivity contribution is 5.91. The minimum Gasteiger partial charge on any atom is -0.341 e. The SMILES string of the molecule is CC(NCc1ccc(-c2nc3cc[nH]c(=O)c3cc2-c2ccccc2)cc1)c1nc2ccccc2[nH]1. The average Bonchev–Trinajstić information content (AvgIpc) is 3.37. The molecule has 3 aromatic heterocycles. The van der Waals surface area contributed by atoms with Crippen molar-refractivity contribution >= 4 is 21.9 Å². The van der Waals surface area contributed by atoms with E-state index in [0.717, 1.165) is 39.2 Å². The lowest BCUT2D eigenvalue weighted by Gasteiger charge is -2.13. The summed E-state index contributed by atoms with van der Waals surface area (Å²) in [6.07, 6.45) is 1.64. The Kier molecular flexibility index (Phi) is 5.64. The average molecular weight is 472 g/mol. The second kappa shape index (κ2) is 9.24. The van der Waals surface area contributed by atoms with Crippen molar-refractivity contribution in [2.24, 2.45) is 0 Å². The van der Waals surface area contributed by atoms with Crippen LogP contribution in [0.4, 0.5) is 0 Å². The van der Waals surface area contributed by atoms with Gasteiger partial charge in [0.15, 0.2) is 0 Å². The number of nitrogens with zero attached hydrogens (tertiary/aromatic N) is 2. The second-order valence-corrected chi connectivity index (χ2v) is 8.93. The highest BCUT2D eigenvalue weighted by Gasteiger charge is 2.14. The van der Waals surface area contributed by atoms with Crippen LogP contribution in [-0.2, 0) is 6.54 Å². The number of imidazole rings is 1. The van der Waals surface area contributed by atoms with Gasteiger partial charge in [-0.25, -0.2) is 9.97 Å². The summed E-state index contributed by atoms with van der Waals surface area (Å²) in [5.41, 5.74) is 7.55. The third kappa shape index (κ3) is 4.19. The van der Waals surface area contributed by atoms with Crippen LogP contribution in [0.5, 0.6) is 0 Å². The van der Waals surface area contributed by atoms with Gasteiger partial charge in [0.1, 0.15) is 5.82 Å². The molecule has 1 atom stereocenters. The number of fused-ring (bicyclic) bond motifs is 2. The molecule has 6 nitrogen and oxygen atoms in total. The van der Waals surface area contributed by atoms with Crippen LogP contribution in [0.15, 0.2) is 102 Å². The van der Waals surface area contributed by atoms with Gasteiger partial charge in [0.2, 0.25) is 0 Å². The summed E-state index contributed by atoms with van der Waals surface area (Å²) in [5, 5.41) is 4.14. The fourth-order valence-corrected chi connectivity index (χ4v) is 4.49. The molecule has 0 spiro atoms. The summed E-state index contributed by atoms with van der Waals surface area (Å²) in [6.45, 7) is 2.82. The predicted octanol–water partition coefficient (Wildman–Crippen LogP) is 5.98. The molecule has 6 heteroatoms. The van der Waals surface area contributed by atoms with E-state index in [9.17, 15) is 4.79 Å². The van der Waals surface area contributed by atoms with Gasteiger partial charge >= 0.3 is 0 Å². The summed E-state index contributed by atoms with van der Waals surface area (Å²) >= 11 is 0. The number of aromatic amines is 2. The van der Waals surface area contributed by atoms with E-state index in [-0.39, 0.29) is 11.6 Å². The van der Waals surface area contributed by atoms with Crippen LogP contribution in [0.1, 0.15) is 24.4 Å². The molecule has 0 bridgehead atoms. The molecular weight excluding hydrogens is 446 g/mol. The van der Waals surface area contributed by atoms with Crippen molar-refractivity contribution in [2.45, 2.75) is 19.5 Å². The topological polar surface area (TPSA) is 86.5 Å². The van der Waals surface area contributed by atoms with Crippen LogP contribution in [0.25, 0.3) is 44.3 Å². The van der Waals surface area contributed by atoms with E-state index in [2.05, 4.69) is 46.5 Å². The van der Waals surface area contributed by atoms with Crippen LogP contribution < -0.4 is 10.9 Å². The normalized spacial score (nSPS) is 12.2. The zero-order chi connectivity index (χ0) is 24.5. The summed E-state index contributed by atoms with van der Waals surface area (Å²) in [5.74, 6) is 0.927. The zero-order valence-electron chi connectivity index (χ0n) is 19.8. The lowest BCUT2D eigenvalue weighted by Crippen LogP contribution is -2.19. The number of hydrogen-bond acceptors (Lipinski definition) is 4. The van der Waals surface area contributed by atoms with Crippen molar-refractivity contribution in [1.82, 2.24) is 25.3 Å². The first kappa shape index (κ1) is 21.9. The Labute approximate surface area is 208 Å². The maximum absolute atomic E-state index is 12.4. The Morgan fingerprint density at radius 3 is 2.42 bits per heavy atom. The number of pyridine rings is 2. The van der Waals surface area contributed by atoms with Gasteiger partial charge in [0.05, 0.1) is 33.7 Å². The van der Waals surface area contributed by atoms with E-state index in [1.165, 1.54) is 5.56 Å². The van der Waals surface area contributed by atoms with E-state index in [1.807, 2.05) is 66.7 Å². The maximum Gasteiger partial charge on any atom is 0.257 e. The molecule has 6 aromatic rings. The molecular formula is C30H25N5O. The summed E-state index contributed by atoms with van der Waals surface area (Å²) < 4.78 is 0. The van der Waals surface area contributed by atoms with Crippen molar-refractivity contribution in [3.63, 3.8) is 0 Å². The molecule has 3 aromatic carbocycles. The molecule has 3 heterocycles. The molecule has 36 heavy (non-hydrogen) atoms. The standard InChI is InChI=1S/C30H25N5O/c1-19(29-34-26-9-5-6-10-27(26)35-29)32-18-20-11-13-22(14-12-20)28-23(21-7-3-2-4-8-21)17-24-25(33-28)15-16-31-30(24)36/h2-17,19,32H,18H2,1H3,(H,31,36)(H,34,35). The van der Waals surface area contributed by atoms with Gasteiger partial charge < -0.3 is 15.3 Å². The fraction of sp³-hybridized carbons (Fsp3) is 0.100. The monoisotopic (exact) mass is 471 g/mol. The first-order valence-electron chi connectivity index (χ1n) is 12.0. The molecule has 0 amide bonds. The van der Waals surface area contributed by atoms with Crippen LogP contribution in [0.2, 0.25) is 0 Å². The molecule has 0 saturated heterocycles. The highest BCUT2D eigenvalue weighted by atomic mass is 16.1. The maximum atomic E-state index is 12.4. The largest absolute Gasteiger partial charge is 0.341 e. The molecule has 0 radical (unpaired) electrons. The van der Waals surface area contributed by atoms with E-state index < -0.39 is 0 Å². The molecule has 0 fully saturated rings. The van der Waals surface area contributed by atoms with Gasteiger partial charge in [0.25, 0.3) is 5.56 Å². The number of H-pyrrole nitrogens is 2. The molecule has 0 aliphatic rings. The van der Waals surface area contributed by atoms with Crippen molar-refractivity contribution in [1.29, 1.82) is 0 Å².